The summed E-state index contributed by atoms with van der Waals surface area (Å²) in [5, 5.41) is 13.9. The molecular formula is C39H40FN3O3P+. The smallest absolute Gasteiger partial charge is 0.341 e. The first-order chi connectivity index (χ1) is 23.0. The number of hydrogen-bond acceptors (Lipinski definition) is 4. The monoisotopic (exact) mass is 648 g/mol. The number of rotatable bonds is 11. The first-order valence-electron chi connectivity index (χ1n) is 16.6. The van der Waals surface area contributed by atoms with Gasteiger partial charge in [-0.3, -0.25) is 9.69 Å². The van der Waals surface area contributed by atoms with Gasteiger partial charge in [-0.1, -0.05) is 54.6 Å². The van der Waals surface area contributed by atoms with Crippen molar-refractivity contribution in [3.05, 3.63) is 131 Å². The highest BCUT2D eigenvalue weighted by Gasteiger charge is 2.44. The lowest BCUT2D eigenvalue weighted by molar-refractivity contribution is 0.0695. The summed E-state index contributed by atoms with van der Waals surface area (Å²) in [5.74, 6) is -1.75. The number of aromatic carboxylic acids is 1. The van der Waals surface area contributed by atoms with Gasteiger partial charge in [0.1, 0.15) is 34.6 Å². The average molecular weight is 649 g/mol. The van der Waals surface area contributed by atoms with E-state index in [0.29, 0.717) is 24.3 Å². The maximum atomic E-state index is 15.5. The molecule has 8 heteroatoms. The highest BCUT2D eigenvalue weighted by molar-refractivity contribution is 7.95. The van der Waals surface area contributed by atoms with Gasteiger partial charge in [0.25, 0.3) is 0 Å². The number of unbranched alkanes of at least 4 members (excludes halogenated alkanes) is 1. The molecule has 1 aliphatic carbocycles. The Hall–Kier alpha value is -4.32. The highest BCUT2D eigenvalue weighted by atomic mass is 31.2. The van der Waals surface area contributed by atoms with Crippen LogP contribution >= 0.6 is 7.26 Å². The second kappa shape index (κ2) is 13.4. The zero-order chi connectivity index (χ0) is 32.4. The standard InChI is InChI=1S/C39H39FN3O3P/c40-35-26-33-36(43(29-18-19-29)28-34(38(33)44)39(45)46)27-37(35)42-23-21-41(22-24-42)20-10-11-25-47(30-12-4-1-5-13-30,31-14-6-2-7-15-31)32-16-8-3-9-17-32/h1-9,12-17,26-29H,10-11,18-25H2/p+1. The third-order valence-electron chi connectivity index (χ3n) is 9.79. The van der Waals surface area contributed by atoms with Crippen molar-refractivity contribution in [3.8, 4) is 0 Å². The fourth-order valence-corrected chi connectivity index (χ4v) is 11.6. The van der Waals surface area contributed by atoms with Crippen LogP contribution in [0.15, 0.2) is 114 Å². The minimum absolute atomic E-state index is 0.136. The molecule has 0 amide bonds. The Balaban J connectivity index is 1.04. The average Bonchev–Trinajstić information content (AvgIpc) is 3.96. The van der Waals surface area contributed by atoms with E-state index < -0.39 is 24.5 Å². The quantitative estimate of drug-likeness (QED) is 0.139. The Morgan fingerprint density at radius 3 is 1.85 bits per heavy atom. The predicted molar refractivity (Wildman–Crippen MR) is 191 cm³/mol. The summed E-state index contributed by atoms with van der Waals surface area (Å²) in [5.41, 5.74) is 0.166. The van der Waals surface area contributed by atoms with Crippen molar-refractivity contribution < 1.29 is 14.3 Å². The first kappa shape index (κ1) is 31.3. The molecular weight excluding hydrogens is 608 g/mol. The third kappa shape index (κ3) is 6.22. The van der Waals surface area contributed by atoms with Crippen molar-refractivity contribution in [1.29, 1.82) is 0 Å². The number of carbonyl (C=O) groups is 1. The van der Waals surface area contributed by atoms with E-state index in [1.165, 1.54) is 28.2 Å². The number of anilines is 1. The molecule has 5 aromatic rings. The number of piperazine rings is 1. The number of carboxylic acids is 1. The van der Waals surface area contributed by atoms with Crippen LogP contribution in [0.5, 0.6) is 0 Å². The molecule has 7 rings (SSSR count). The molecule has 1 N–H and O–H groups in total. The Bertz CT molecular complexity index is 1830. The molecule has 0 spiro atoms. The van der Waals surface area contributed by atoms with Gasteiger partial charge in [0.2, 0.25) is 5.43 Å². The Morgan fingerprint density at radius 2 is 1.34 bits per heavy atom. The SMILES string of the molecule is O=C(O)c1cn(C2CC2)c2cc(N3CCN(CCCC[P+](c4ccccc4)(c4ccccc4)c4ccccc4)CC3)c(F)cc2c1=O. The zero-order valence-electron chi connectivity index (χ0n) is 26.5. The second-order valence-corrected chi connectivity index (χ2v) is 16.3. The van der Waals surface area contributed by atoms with Crippen LogP contribution in [-0.4, -0.2) is 59.4 Å². The summed E-state index contributed by atoms with van der Waals surface area (Å²) in [4.78, 5) is 29.1. The molecule has 0 unspecified atom stereocenters. The first-order valence-corrected chi connectivity index (χ1v) is 18.6. The molecule has 4 aromatic carbocycles. The summed E-state index contributed by atoms with van der Waals surface area (Å²) < 4.78 is 17.4. The fourth-order valence-electron chi connectivity index (χ4n) is 7.19. The Labute approximate surface area is 275 Å². The van der Waals surface area contributed by atoms with E-state index in [1.54, 1.807) is 6.07 Å². The largest absolute Gasteiger partial charge is 0.477 e. The molecule has 0 atom stereocenters. The van der Waals surface area contributed by atoms with Crippen molar-refractivity contribution in [1.82, 2.24) is 9.47 Å². The van der Waals surface area contributed by atoms with Gasteiger partial charge in [-0.25, -0.2) is 9.18 Å². The highest BCUT2D eigenvalue weighted by Crippen LogP contribution is 2.56. The lowest BCUT2D eigenvalue weighted by Crippen LogP contribution is -2.47. The topological polar surface area (TPSA) is 65.8 Å². The van der Waals surface area contributed by atoms with E-state index in [0.717, 1.165) is 51.5 Å². The van der Waals surface area contributed by atoms with Crippen LogP contribution in [0.2, 0.25) is 0 Å². The Kier molecular flexibility index (Phi) is 8.94. The van der Waals surface area contributed by atoms with Crippen LogP contribution in [0, 0.1) is 5.82 Å². The van der Waals surface area contributed by atoms with Crippen molar-refractivity contribution in [2.75, 3.05) is 43.8 Å². The van der Waals surface area contributed by atoms with Crippen molar-refractivity contribution in [3.63, 3.8) is 0 Å². The van der Waals surface area contributed by atoms with Crippen LogP contribution in [0.1, 0.15) is 42.1 Å². The van der Waals surface area contributed by atoms with E-state index in [9.17, 15) is 14.7 Å². The normalized spacial score (nSPS) is 15.6. The van der Waals surface area contributed by atoms with Gasteiger partial charge in [-0.2, -0.15) is 0 Å². The molecule has 1 saturated carbocycles. The molecule has 1 saturated heterocycles. The van der Waals surface area contributed by atoms with Gasteiger partial charge >= 0.3 is 5.97 Å². The zero-order valence-corrected chi connectivity index (χ0v) is 27.4. The van der Waals surface area contributed by atoms with Gasteiger partial charge in [0, 0.05) is 43.8 Å². The van der Waals surface area contributed by atoms with Gasteiger partial charge < -0.3 is 14.6 Å². The van der Waals surface area contributed by atoms with Crippen LogP contribution in [0.4, 0.5) is 10.1 Å². The number of benzene rings is 4. The minimum Gasteiger partial charge on any atom is -0.477 e. The number of aromatic nitrogens is 1. The lowest BCUT2D eigenvalue weighted by atomic mass is 10.1. The van der Waals surface area contributed by atoms with Crippen molar-refractivity contribution in [2.24, 2.45) is 0 Å². The third-order valence-corrected chi connectivity index (χ3v) is 14.3. The minimum atomic E-state index is -1.84. The molecule has 1 aromatic heterocycles. The van der Waals surface area contributed by atoms with Crippen LogP contribution in [-0.2, 0) is 0 Å². The van der Waals surface area contributed by atoms with Gasteiger partial charge in [-0.15, -0.1) is 0 Å². The summed E-state index contributed by atoms with van der Waals surface area (Å²) in [7, 11) is -1.84. The number of hydrogen-bond donors (Lipinski definition) is 1. The lowest BCUT2D eigenvalue weighted by Gasteiger charge is -2.36. The molecule has 1 aliphatic heterocycles. The van der Waals surface area contributed by atoms with Crippen molar-refractivity contribution >= 4 is 45.7 Å². The molecule has 2 aliphatic rings. The Morgan fingerprint density at radius 1 is 0.787 bits per heavy atom. The van der Waals surface area contributed by atoms with Gasteiger partial charge in [0.15, 0.2) is 0 Å². The number of halogens is 1. The number of carboxylic acid groups (broad SMARTS) is 1. The molecule has 2 heterocycles. The van der Waals surface area contributed by atoms with E-state index in [-0.39, 0.29) is 17.0 Å². The molecule has 2 fully saturated rings. The molecule has 6 nitrogen and oxygen atoms in total. The summed E-state index contributed by atoms with van der Waals surface area (Å²) in [6, 6.07) is 36.2. The van der Waals surface area contributed by atoms with Crippen LogP contribution < -0.4 is 26.2 Å². The predicted octanol–water partition coefficient (Wildman–Crippen LogP) is 6.07. The van der Waals surface area contributed by atoms with Crippen LogP contribution in [0.25, 0.3) is 10.9 Å². The number of fused-ring (bicyclic) bond motifs is 1. The summed E-state index contributed by atoms with van der Waals surface area (Å²) in [6.07, 6.45) is 6.57. The van der Waals surface area contributed by atoms with E-state index >= 15 is 4.39 Å². The molecule has 47 heavy (non-hydrogen) atoms. The van der Waals surface area contributed by atoms with E-state index in [1.807, 2.05) is 4.57 Å². The van der Waals surface area contributed by atoms with Crippen LogP contribution in [0.3, 0.4) is 0 Å². The fraction of sp³-hybridized carbons (Fsp3) is 0.282. The van der Waals surface area contributed by atoms with Crippen molar-refractivity contribution in [2.45, 2.75) is 31.7 Å². The summed E-state index contributed by atoms with van der Waals surface area (Å²) >= 11 is 0. The summed E-state index contributed by atoms with van der Waals surface area (Å²) in [6.45, 7) is 4.05. The van der Waals surface area contributed by atoms with E-state index in [2.05, 4.69) is 101 Å². The van der Waals surface area contributed by atoms with Gasteiger partial charge in [0.05, 0.1) is 17.4 Å². The van der Waals surface area contributed by atoms with Gasteiger partial charge in [-0.05, 0) is 80.8 Å². The molecule has 0 bridgehead atoms. The number of nitrogens with zero attached hydrogens (tertiary/aromatic N) is 3. The number of pyridine rings is 1. The maximum Gasteiger partial charge on any atom is 0.341 e. The maximum absolute atomic E-state index is 15.5. The molecule has 240 valence electrons. The molecule has 0 radical (unpaired) electrons. The second-order valence-electron chi connectivity index (χ2n) is 12.7. The van der Waals surface area contributed by atoms with E-state index in [4.69, 9.17) is 0 Å².